The lowest BCUT2D eigenvalue weighted by Crippen LogP contribution is -2.47. The third-order valence-electron chi connectivity index (χ3n) is 5.28. The predicted molar refractivity (Wildman–Crippen MR) is 108 cm³/mol. The lowest BCUT2D eigenvalue weighted by atomic mass is 10.0. The largest absolute Gasteiger partial charge is 0.423 e. The summed E-state index contributed by atoms with van der Waals surface area (Å²) in [7, 11) is 0. The van der Waals surface area contributed by atoms with Crippen molar-refractivity contribution in [1.82, 2.24) is 0 Å². The predicted octanol–water partition coefficient (Wildman–Crippen LogP) is 8.01. The second-order valence-corrected chi connectivity index (χ2v) is 8.28. The molecule has 222 valence electrons. The molecular weight excluding hydrogens is 587 g/mol. The van der Waals surface area contributed by atoms with Gasteiger partial charge in [-0.25, -0.2) is 14.0 Å². The zero-order valence-electron chi connectivity index (χ0n) is 20.1. The van der Waals surface area contributed by atoms with Gasteiger partial charge in [0.25, 0.3) is 0 Å². The molecule has 2 rings (SSSR count). The fourth-order valence-corrected chi connectivity index (χ4v) is 3.31. The molecule has 0 saturated heterocycles. The summed E-state index contributed by atoms with van der Waals surface area (Å²) in [6.45, 7) is 2.05. The lowest BCUT2D eigenvalue weighted by molar-refractivity contribution is -0.165. The van der Waals surface area contributed by atoms with Gasteiger partial charge in [-0.3, -0.25) is 0 Å². The van der Waals surface area contributed by atoms with E-state index in [1.165, 1.54) is 0 Å². The van der Waals surface area contributed by atoms with E-state index in [9.17, 15) is 62.3 Å². The van der Waals surface area contributed by atoms with Crippen molar-refractivity contribution in [2.75, 3.05) is 0 Å². The number of carbonyl (C=O) groups excluding carboxylic acids is 2. The molecular formula is C23H15F13O4. The summed E-state index contributed by atoms with van der Waals surface area (Å²) in [5, 5.41) is 0. The van der Waals surface area contributed by atoms with E-state index in [0.717, 1.165) is 6.92 Å². The first-order chi connectivity index (χ1) is 17.8. The highest BCUT2D eigenvalue weighted by Gasteiger charge is 2.52. The highest BCUT2D eigenvalue weighted by atomic mass is 19.4. The Balaban J connectivity index is 2.62. The molecule has 0 fully saturated rings. The minimum atomic E-state index is -5.64. The summed E-state index contributed by atoms with van der Waals surface area (Å²) in [6, 6.07) is -0.177. The van der Waals surface area contributed by atoms with Crippen LogP contribution in [0.25, 0.3) is 0 Å². The van der Waals surface area contributed by atoms with Crippen LogP contribution in [0, 0.1) is 13.8 Å². The van der Waals surface area contributed by atoms with Crippen molar-refractivity contribution >= 4 is 11.9 Å². The van der Waals surface area contributed by atoms with E-state index in [1.807, 2.05) is 0 Å². The van der Waals surface area contributed by atoms with E-state index in [2.05, 4.69) is 9.47 Å². The highest BCUT2D eigenvalue weighted by molar-refractivity contribution is 6.05. The zero-order valence-corrected chi connectivity index (χ0v) is 20.1. The zero-order chi connectivity index (χ0) is 31.2. The van der Waals surface area contributed by atoms with Gasteiger partial charge in [0.1, 0.15) is 5.75 Å². The number of esters is 2. The minimum Gasteiger partial charge on any atom is -0.423 e. The summed E-state index contributed by atoms with van der Waals surface area (Å²) in [4.78, 5) is 25.0. The number of halogens is 13. The molecule has 4 nitrogen and oxygen atoms in total. The fourth-order valence-electron chi connectivity index (χ4n) is 3.31. The Hall–Kier alpha value is -3.53. The quantitative estimate of drug-likeness (QED) is 0.151. The van der Waals surface area contributed by atoms with Crippen molar-refractivity contribution in [3.8, 4) is 11.5 Å². The number of aryl methyl sites for hydroxylation is 2. The van der Waals surface area contributed by atoms with Gasteiger partial charge in [0.15, 0.2) is 5.75 Å². The van der Waals surface area contributed by atoms with Crippen LogP contribution >= 0.6 is 0 Å². The molecule has 0 N–H and O–H groups in total. The first-order valence-electron chi connectivity index (χ1n) is 10.6. The molecule has 0 radical (unpaired) electrons. The summed E-state index contributed by atoms with van der Waals surface area (Å²) in [5.74, 6) is -9.28. The number of ether oxygens (including phenoxy) is 2. The van der Waals surface area contributed by atoms with Crippen molar-refractivity contribution in [2.45, 2.75) is 57.6 Å². The van der Waals surface area contributed by atoms with Crippen LogP contribution < -0.4 is 9.47 Å². The number of hydrogen-bond donors (Lipinski definition) is 0. The Morgan fingerprint density at radius 2 is 0.975 bits per heavy atom. The van der Waals surface area contributed by atoms with Crippen LogP contribution in [0.2, 0.25) is 0 Å². The molecule has 17 heteroatoms. The number of benzene rings is 2. The van der Waals surface area contributed by atoms with Crippen molar-refractivity contribution in [2.24, 2.45) is 0 Å². The molecule has 2 aromatic carbocycles. The van der Waals surface area contributed by atoms with Gasteiger partial charge in [0.2, 0.25) is 0 Å². The average molecular weight is 602 g/mol. The van der Waals surface area contributed by atoms with Crippen molar-refractivity contribution in [3.63, 3.8) is 0 Å². The summed E-state index contributed by atoms with van der Waals surface area (Å²) in [5.41, 5.74) is -14.4. The molecule has 1 atom stereocenters. The molecule has 40 heavy (non-hydrogen) atoms. The maximum atomic E-state index is 15.5. The van der Waals surface area contributed by atoms with Gasteiger partial charge in [-0.2, -0.15) is 52.7 Å². The van der Waals surface area contributed by atoms with E-state index < -0.39 is 99.7 Å². The van der Waals surface area contributed by atoms with Crippen molar-refractivity contribution in [3.05, 3.63) is 57.6 Å². The third kappa shape index (κ3) is 6.78. The van der Waals surface area contributed by atoms with E-state index in [0.29, 0.717) is 13.8 Å². The molecule has 0 bridgehead atoms. The number of alkyl halides is 13. The van der Waals surface area contributed by atoms with Crippen LogP contribution in [0.3, 0.4) is 0 Å². The first-order valence-corrected chi connectivity index (χ1v) is 10.6. The highest BCUT2D eigenvalue weighted by Crippen LogP contribution is 2.46. The van der Waals surface area contributed by atoms with Crippen molar-refractivity contribution < 1.29 is 76.1 Å². The molecule has 0 aliphatic carbocycles. The molecule has 2 aromatic rings. The standard InChI is InChI=1S/C23H15F13O4/c1-4-19(24,17(37)39-15-10(3)7-11(20(25,26)27)8-14(15)23(34,35)36)18(38)40-16-12(21(28,29)30)5-9(2)6-13(16)22(31,32)33/h5-8H,4H2,1-3H3. The maximum absolute atomic E-state index is 15.5. The monoisotopic (exact) mass is 602 g/mol. The van der Waals surface area contributed by atoms with Gasteiger partial charge in [0, 0.05) is 6.42 Å². The summed E-state index contributed by atoms with van der Waals surface area (Å²) < 4.78 is 184. The summed E-state index contributed by atoms with van der Waals surface area (Å²) >= 11 is 0. The minimum absolute atomic E-state index is 0.0829. The van der Waals surface area contributed by atoms with Gasteiger partial charge in [-0.05, 0) is 49.2 Å². The van der Waals surface area contributed by atoms with E-state index >= 15 is 4.39 Å². The first kappa shape index (κ1) is 32.7. The van der Waals surface area contributed by atoms with Crippen molar-refractivity contribution in [1.29, 1.82) is 0 Å². The average Bonchev–Trinajstić information content (AvgIpc) is 2.77. The lowest BCUT2D eigenvalue weighted by Gasteiger charge is -2.25. The van der Waals surface area contributed by atoms with Crippen LogP contribution in [0.15, 0.2) is 24.3 Å². The topological polar surface area (TPSA) is 52.6 Å². The second kappa shape index (κ2) is 10.5. The Morgan fingerprint density at radius 1 is 0.600 bits per heavy atom. The van der Waals surface area contributed by atoms with Gasteiger partial charge in [-0.1, -0.05) is 6.92 Å². The third-order valence-corrected chi connectivity index (χ3v) is 5.28. The van der Waals surface area contributed by atoms with Gasteiger partial charge < -0.3 is 9.47 Å². The molecule has 0 saturated carbocycles. The Kier molecular flexibility index (Phi) is 8.55. The molecule has 0 spiro atoms. The van der Waals surface area contributed by atoms with Gasteiger partial charge >= 0.3 is 42.3 Å². The van der Waals surface area contributed by atoms with E-state index in [-0.39, 0.29) is 18.2 Å². The molecule has 0 aliphatic rings. The van der Waals surface area contributed by atoms with Crippen LogP contribution in [-0.4, -0.2) is 17.6 Å². The van der Waals surface area contributed by atoms with Gasteiger partial charge in [0.05, 0.1) is 22.3 Å². The Labute approximate surface area is 215 Å². The van der Waals surface area contributed by atoms with Gasteiger partial charge in [-0.15, -0.1) is 0 Å². The molecule has 0 aromatic heterocycles. The maximum Gasteiger partial charge on any atom is 0.420 e. The fraction of sp³-hybridized carbons (Fsp3) is 0.391. The van der Waals surface area contributed by atoms with Crippen LogP contribution in [0.5, 0.6) is 11.5 Å². The summed E-state index contributed by atoms with van der Waals surface area (Å²) in [6.07, 6.45) is -23.6. The van der Waals surface area contributed by atoms with E-state index in [4.69, 9.17) is 0 Å². The molecule has 1 unspecified atom stereocenters. The smallest absolute Gasteiger partial charge is 0.420 e. The molecule has 0 amide bonds. The van der Waals surface area contributed by atoms with Crippen LogP contribution in [-0.2, 0) is 34.3 Å². The molecule has 0 heterocycles. The SMILES string of the molecule is CCC(F)(C(=O)Oc1c(C)cc(C(F)(F)F)cc1C(F)(F)F)C(=O)Oc1c(C(F)(F)F)cc(C)cc1C(F)(F)F. The van der Waals surface area contributed by atoms with E-state index in [1.54, 1.807) is 0 Å². The number of hydrogen-bond acceptors (Lipinski definition) is 4. The number of rotatable bonds is 5. The van der Waals surface area contributed by atoms with Crippen LogP contribution in [0.4, 0.5) is 57.1 Å². The molecule has 0 aliphatic heterocycles. The Morgan fingerprint density at radius 3 is 1.32 bits per heavy atom. The number of carbonyl (C=O) groups is 2. The normalized spacial score (nSPS) is 14.5. The Bertz CT molecular complexity index is 1270. The van der Waals surface area contributed by atoms with Crippen LogP contribution in [0.1, 0.15) is 46.7 Å². The second-order valence-electron chi connectivity index (χ2n) is 8.28.